The van der Waals surface area contributed by atoms with E-state index >= 15 is 0 Å². The molecule has 0 spiro atoms. The molecular weight excluding hydrogens is 268 g/mol. The van der Waals surface area contributed by atoms with Crippen LogP contribution in [0.15, 0.2) is 0 Å². The van der Waals surface area contributed by atoms with Gasteiger partial charge >= 0.3 is 9.28 Å². The summed E-state index contributed by atoms with van der Waals surface area (Å²) in [5, 5.41) is 3.11. The summed E-state index contributed by atoms with van der Waals surface area (Å²) in [6.45, 7) is 10.6. The van der Waals surface area contributed by atoms with Crippen molar-refractivity contribution in [2.24, 2.45) is 5.73 Å². The van der Waals surface area contributed by atoms with Gasteiger partial charge in [-0.1, -0.05) is 26.7 Å². The summed E-state index contributed by atoms with van der Waals surface area (Å²) in [7, 11) is -1.43. The Bertz CT molecular complexity index is 177. The maximum atomic E-state index is 5.84. The van der Waals surface area contributed by atoms with E-state index in [0.29, 0.717) is 0 Å². The van der Waals surface area contributed by atoms with Gasteiger partial charge in [0.2, 0.25) is 0 Å². The zero-order chi connectivity index (χ0) is 15.1. The molecule has 0 aromatic rings. The second kappa shape index (κ2) is 15.4. The van der Waals surface area contributed by atoms with Gasteiger partial charge in [-0.25, -0.2) is 0 Å². The molecular formula is C15H36N2O2Si. The number of hydrogen-bond donors (Lipinski definition) is 2. The Labute approximate surface area is 127 Å². The molecule has 0 saturated carbocycles. The van der Waals surface area contributed by atoms with E-state index < -0.39 is 9.28 Å². The number of nitrogens with one attached hydrogen (secondary N) is 1. The van der Waals surface area contributed by atoms with Gasteiger partial charge in [0, 0.05) is 19.3 Å². The van der Waals surface area contributed by atoms with Gasteiger partial charge in [-0.3, -0.25) is 0 Å². The van der Waals surface area contributed by atoms with Gasteiger partial charge in [0.25, 0.3) is 0 Å². The maximum absolute atomic E-state index is 5.84. The zero-order valence-corrected chi connectivity index (χ0v) is 15.0. The Hall–Kier alpha value is 0.0569. The molecule has 3 N–H and O–H groups in total. The van der Waals surface area contributed by atoms with E-state index in [4.69, 9.17) is 14.6 Å². The fraction of sp³-hybridized carbons (Fsp3) is 1.00. The van der Waals surface area contributed by atoms with Crippen LogP contribution in [0.1, 0.15) is 59.3 Å². The molecule has 1 atom stereocenters. The van der Waals surface area contributed by atoms with E-state index in [2.05, 4.69) is 19.2 Å². The molecule has 122 valence electrons. The molecule has 0 aromatic carbocycles. The largest absolute Gasteiger partial charge is 0.397 e. The minimum absolute atomic E-state index is 0.263. The van der Waals surface area contributed by atoms with Crippen molar-refractivity contribution in [3.8, 4) is 0 Å². The third-order valence-electron chi connectivity index (χ3n) is 3.17. The molecule has 4 nitrogen and oxygen atoms in total. The lowest BCUT2D eigenvalue weighted by atomic mass is 10.3. The van der Waals surface area contributed by atoms with Gasteiger partial charge in [-0.2, -0.15) is 0 Å². The first kappa shape index (κ1) is 20.1. The number of nitrogens with two attached hydrogens (primary N) is 1. The average molecular weight is 305 g/mol. The fourth-order valence-corrected chi connectivity index (χ4v) is 3.60. The predicted molar refractivity (Wildman–Crippen MR) is 89.4 cm³/mol. The van der Waals surface area contributed by atoms with E-state index in [9.17, 15) is 0 Å². The lowest BCUT2D eigenvalue weighted by Crippen LogP contribution is -2.29. The van der Waals surface area contributed by atoms with Gasteiger partial charge in [-0.05, 0) is 51.7 Å². The summed E-state index contributed by atoms with van der Waals surface area (Å²) in [5.41, 5.74) is 5.76. The van der Waals surface area contributed by atoms with Gasteiger partial charge in [0.1, 0.15) is 0 Å². The molecule has 1 fully saturated rings. The molecule has 1 unspecified atom stereocenters. The first-order valence-corrected chi connectivity index (χ1v) is 10.2. The second-order valence-corrected chi connectivity index (χ2v) is 7.64. The predicted octanol–water partition coefficient (Wildman–Crippen LogP) is 2.56. The number of rotatable bonds is 11. The molecule has 1 aliphatic heterocycles. The zero-order valence-electron chi connectivity index (χ0n) is 13.8. The highest BCUT2D eigenvalue weighted by Crippen LogP contribution is 2.06. The molecule has 5 heteroatoms. The van der Waals surface area contributed by atoms with Crippen LogP contribution in [0.5, 0.6) is 0 Å². The summed E-state index contributed by atoms with van der Waals surface area (Å²) in [4.78, 5) is 0. The van der Waals surface area contributed by atoms with Gasteiger partial charge in [0.15, 0.2) is 0 Å². The number of unbranched alkanes of at least 4 members (excludes halogenated alkanes) is 2. The molecule has 0 bridgehead atoms. The third-order valence-corrected chi connectivity index (χ3v) is 5.19. The highest BCUT2D eigenvalue weighted by Gasteiger charge is 2.13. The van der Waals surface area contributed by atoms with Crippen molar-refractivity contribution in [3.63, 3.8) is 0 Å². The monoisotopic (exact) mass is 304 g/mol. The summed E-state index contributed by atoms with van der Waals surface area (Å²) in [5.74, 6) is 0. The molecule has 1 heterocycles. The highest BCUT2D eigenvalue weighted by atomic mass is 28.3. The van der Waals surface area contributed by atoms with Crippen LogP contribution in [0.2, 0.25) is 6.04 Å². The minimum Gasteiger partial charge on any atom is -0.397 e. The standard InChI is InChI=1S/C12H29NO2Si.C3H7N/c1-4-6-9-14-16(11-8-12(3)13)15-10-7-5-2;1-2-4-3-1/h12,16H,4-11,13H2,1-3H3;4H,1-3H2. The van der Waals surface area contributed by atoms with Crippen molar-refractivity contribution in [2.45, 2.75) is 71.4 Å². The average Bonchev–Trinajstić information content (AvgIpc) is 2.33. The van der Waals surface area contributed by atoms with Crippen LogP contribution in [-0.4, -0.2) is 41.6 Å². The summed E-state index contributed by atoms with van der Waals surface area (Å²) in [6, 6.07) is 1.31. The Morgan fingerprint density at radius 2 is 1.55 bits per heavy atom. The molecule has 1 saturated heterocycles. The maximum Gasteiger partial charge on any atom is 0.321 e. The topological polar surface area (TPSA) is 56.5 Å². The Balaban J connectivity index is 0.000000760. The van der Waals surface area contributed by atoms with Crippen LogP contribution in [0.25, 0.3) is 0 Å². The minimum atomic E-state index is -1.43. The molecule has 1 aliphatic rings. The van der Waals surface area contributed by atoms with E-state index in [1.165, 1.54) is 32.4 Å². The van der Waals surface area contributed by atoms with E-state index in [1.807, 2.05) is 6.92 Å². The molecule has 20 heavy (non-hydrogen) atoms. The Kier molecular flexibility index (Phi) is 15.5. The second-order valence-electron chi connectivity index (χ2n) is 5.54. The van der Waals surface area contributed by atoms with E-state index in [1.54, 1.807) is 0 Å². The van der Waals surface area contributed by atoms with E-state index in [0.717, 1.165) is 38.5 Å². The van der Waals surface area contributed by atoms with Crippen LogP contribution in [0.4, 0.5) is 0 Å². The smallest absolute Gasteiger partial charge is 0.321 e. The third kappa shape index (κ3) is 14.5. The van der Waals surface area contributed by atoms with Crippen molar-refractivity contribution in [1.29, 1.82) is 0 Å². The van der Waals surface area contributed by atoms with Crippen molar-refractivity contribution in [3.05, 3.63) is 0 Å². The van der Waals surface area contributed by atoms with Crippen LogP contribution < -0.4 is 11.1 Å². The molecule has 0 aromatic heterocycles. The van der Waals surface area contributed by atoms with Crippen molar-refractivity contribution < 1.29 is 8.85 Å². The van der Waals surface area contributed by atoms with Crippen molar-refractivity contribution in [2.75, 3.05) is 26.3 Å². The van der Waals surface area contributed by atoms with Crippen LogP contribution >= 0.6 is 0 Å². The summed E-state index contributed by atoms with van der Waals surface area (Å²) in [6.07, 6.45) is 7.06. The lowest BCUT2D eigenvalue weighted by Gasteiger charge is -2.17. The van der Waals surface area contributed by atoms with Crippen molar-refractivity contribution in [1.82, 2.24) is 5.32 Å². The summed E-state index contributed by atoms with van der Waals surface area (Å²) < 4.78 is 11.7. The molecule has 1 rings (SSSR count). The van der Waals surface area contributed by atoms with Crippen molar-refractivity contribution >= 4 is 9.28 Å². The number of hydrogen-bond acceptors (Lipinski definition) is 4. The Morgan fingerprint density at radius 1 is 1.10 bits per heavy atom. The highest BCUT2D eigenvalue weighted by molar-refractivity contribution is 6.44. The first-order chi connectivity index (χ1) is 9.70. The normalized spacial score (nSPS) is 15.4. The van der Waals surface area contributed by atoms with Gasteiger partial charge in [-0.15, -0.1) is 0 Å². The van der Waals surface area contributed by atoms with Crippen LogP contribution in [-0.2, 0) is 8.85 Å². The molecule has 0 radical (unpaired) electrons. The SMILES string of the molecule is C1CNC1.CCCCO[SiH](CCC(C)N)OCCCC. The lowest BCUT2D eigenvalue weighted by molar-refractivity contribution is 0.190. The van der Waals surface area contributed by atoms with Crippen LogP contribution in [0.3, 0.4) is 0 Å². The molecule has 0 aliphatic carbocycles. The first-order valence-electron chi connectivity index (χ1n) is 8.40. The molecule has 0 amide bonds. The van der Waals surface area contributed by atoms with Gasteiger partial charge in [0.05, 0.1) is 0 Å². The summed E-state index contributed by atoms with van der Waals surface area (Å²) >= 11 is 0. The van der Waals surface area contributed by atoms with Gasteiger partial charge < -0.3 is 19.9 Å². The van der Waals surface area contributed by atoms with Crippen LogP contribution in [0, 0.1) is 0 Å². The fourth-order valence-electron chi connectivity index (χ4n) is 1.51. The van der Waals surface area contributed by atoms with E-state index in [-0.39, 0.29) is 6.04 Å². The Morgan fingerprint density at radius 3 is 1.85 bits per heavy atom. The quantitative estimate of drug-likeness (QED) is 0.455.